The monoisotopic (exact) mass is 431 g/mol. The van der Waals surface area contributed by atoms with E-state index in [1.54, 1.807) is 47.2 Å². The van der Waals surface area contributed by atoms with Gasteiger partial charge in [0.25, 0.3) is 11.8 Å². The van der Waals surface area contributed by atoms with Gasteiger partial charge in [0.2, 0.25) is 0 Å². The Bertz CT molecular complexity index is 1280. The molecule has 2 heterocycles. The highest BCUT2D eigenvalue weighted by atomic mass is 32.1. The molecule has 1 aliphatic rings. The van der Waals surface area contributed by atoms with E-state index < -0.39 is 17.8 Å². The Morgan fingerprint density at radius 3 is 2.58 bits per heavy atom. The molecule has 0 radical (unpaired) electrons. The lowest BCUT2D eigenvalue weighted by atomic mass is 10.1. The number of benzene rings is 2. The molecule has 154 valence electrons. The molecule has 8 heteroatoms. The number of aromatic nitrogens is 1. The molecule has 31 heavy (non-hydrogen) atoms. The molecule has 2 amide bonds. The van der Waals surface area contributed by atoms with Gasteiger partial charge in [0, 0.05) is 17.6 Å². The van der Waals surface area contributed by atoms with Gasteiger partial charge in [-0.05, 0) is 67.2 Å². The van der Waals surface area contributed by atoms with E-state index in [-0.39, 0.29) is 16.2 Å². The largest absolute Gasteiger partial charge is 0.478 e. The highest BCUT2D eigenvalue weighted by molar-refractivity contribution is 7.80. The summed E-state index contributed by atoms with van der Waals surface area (Å²) in [6.45, 7) is 1.85. The van der Waals surface area contributed by atoms with Crippen LogP contribution in [-0.4, -0.2) is 32.6 Å². The lowest BCUT2D eigenvalue weighted by molar-refractivity contribution is -0.122. The van der Waals surface area contributed by atoms with Crippen LogP contribution in [0, 0.1) is 6.92 Å². The van der Waals surface area contributed by atoms with Gasteiger partial charge in [-0.25, -0.2) is 4.79 Å². The summed E-state index contributed by atoms with van der Waals surface area (Å²) >= 11 is 5.25. The normalized spacial score (nSPS) is 15.3. The standard InChI is InChI=1S/C23H17N3O4S/c1-14-6-2-3-10-19(14)26-21(28)18(20(27)24-23(26)31)13-17-9-5-11-25(17)16-8-4-7-15(12-16)22(29)30/h2-13H,1H3,(H,29,30)(H,24,27,31)/b18-13-. The first-order valence-corrected chi connectivity index (χ1v) is 9.76. The second-order valence-electron chi connectivity index (χ2n) is 6.90. The average Bonchev–Trinajstić information content (AvgIpc) is 3.21. The highest BCUT2D eigenvalue weighted by Gasteiger charge is 2.35. The number of carboxylic acids is 1. The second kappa shape index (κ2) is 8.00. The molecule has 0 aliphatic carbocycles. The van der Waals surface area contributed by atoms with Gasteiger partial charge in [-0.1, -0.05) is 24.3 Å². The topological polar surface area (TPSA) is 91.6 Å². The Morgan fingerprint density at radius 1 is 1.06 bits per heavy atom. The maximum atomic E-state index is 13.2. The zero-order valence-corrected chi connectivity index (χ0v) is 17.2. The van der Waals surface area contributed by atoms with Crippen molar-refractivity contribution >= 4 is 46.9 Å². The van der Waals surface area contributed by atoms with E-state index in [2.05, 4.69) is 5.32 Å². The fourth-order valence-corrected chi connectivity index (χ4v) is 3.65. The number of anilines is 1. The van der Waals surface area contributed by atoms with Crippen LogP contribution in [0.4, 0.5) is 5.69 Å². The zero-order chi connectivity index (χ0) is 22.1. The van der Waals surface area contributed by atoms with E-state index in [0.717, 1.165) is 5.56 Å². The summed E-state index contributed by atoms with van der Waals surface area (Å²) in [5.74, 6) is -2.17. The van der Waals surface area contributed by atoms with Gasteiger partial charge < -0.3 is 9.67 Å². The molecular weight excluding hydrogens is 414 g/mol. The third-order valence-electron chi connectivity index (χ3n) is 4.90. The summed E-state index contributed by atoms with van der Waals surface area (Å²) in [6.07, 6.45) is 3.19. The minimum atomic E-state index is -1.04. The summed E-state index contributed by atoms with van der Waals surface area (Å²) in [4.78, 5) is 38.4. The Balaban J connectivity index is 1.77. The number of aromatic carboxylic acids is 1. The lowest BCUT2D eigenvalue weighted by Crippen LogP contribution is -2.54. The summed E-state index contributed by atoms with van der Waals surface area (Å²) in [5, 5.41) is 11.8. The molecule has 0 bridgehead atoms. The first kappa shape index (κ1) is 20.2. The molecule has 2 N–H and O–H groups in total. The van der Waals surface area contributed by atoms with Gasteiger partial charge in [-0.15, -0.1) is 0 Å². The van der Waals surface area contributed by atoms with Crippen LogP contribution in [-0.2, 0) is 9.59 Å². The van der Waals surface area contributed by atoms with E-state index in [1.807, 2.05) is 19.1 Å². The van der Waals surface area contributed by atoms with Crippen LogP contribution < -0.4 is 10.2 Å². The number of carbonyl (C=O) groups is 3. The average molecular weight is 431 g/mol. The smallest absolute Gasteiger partial charge is 0.335 e. The van der Waals surface area contributed by atoms with Gasteiger partial charge in [0.15, 0.2) is 5.11 Å². The van der Waals surface area contributed by atoms with Crippen molar-refractivity contribution in [2.75, 3.05) is 4.90 Å². The maximum Gasteiger partial charge on any atom is 0.335 e. The Labute approximate surface area is 183 Å². The molecule has 0 saturated carbocycles. The number of amides is 2. The van der Waals surface area contributed by atoms with Crippen LogP contribution >= 0.6 is 12.2 Å². The molecule has 1 fully saturated rings. The maximum absolute atomic E-state index is 13.2. The molecule has 7 nitrogen and oxygen atoms in total. The molecule has 3 aromatic rings. The summed E-state index contributed by atoms with van der Waals surface area (Å²) in [6, 6.07) is 17.1. The Morgan fingerprint density at radius 2 is 1.84 bits per heavy atom. The van der Waals surface area contributed by atoms with E-state index in [9.17, 15) is 19.5 Å². The van der Waals surface area contributed by atoms with Crippen molar-refractivity contribution in [3.8, 4) is 5.69 Å². The fourth-order valence-electron chi connectivity index (χ4n) is 3.37. The number of thiocarbonyl (C=S) groups is 1. The van der Waals surface area contributed by atoms with E-state index in [1.165, 1.54) is 23.1 Å². The summed E-state index contributed by atoms with van der Waals surface area (Å²) < 4.78 is 1.70. The summed E-state index contributed by atoms with van der Waals surface area (Å²) in [5.41, 5.74) is 2.61. The van der Waals surface area contributed by atoms with E-state index >= 15 is 0 Å². The third-order valence-corrected chi connectivity index (χ3v) is 5.19. The molecular formula is C23H17N3O4S. The van der Waals surface area contributed by atoms with Gasteiger partial charge >= 0.3 is 5.97 Å². The number of nitrogens with zero attached hydrogens (tertiary/aromatic N) is 2. The molecule has 0 atom stereocenters. The van der Waals surface area contributed by atoms with Crippen molar-refractivity contribution in [1.82, 2.24) is 9.88 Å². The van der Waals surface area contributed by atoms with Crippen LogP contribution in [0.2, 0.25) is 0 Å². The SMILES string of the molecule is Cc1ccccc1N1C(=O)/C(=C\c2cccn2-c2cccc(C(=O)O)c2)C(=O)NC1=S. The lowest BCUT2D eigenvalue weighted by Gasteiger charge is -2.30. The number of hydrogen-bond acceptors (Lipinski definition) is 4. The number of carbonyl (C=O) groups excluding carboxylic acids is 2. The number of aryl methyl sites for hydroxylation is 1. The van der Waals surface area contributed by atoms with Gasteiger partial charge in [-0.2, -0.15) is 0 Å². The van der Waals surface area contributed by atoms with Crippen molar-refractivity contribution in [3.63, 3.8) is 0 Å². The highest BCUT2D eigenvalue weighted by Crippen LogP contribution is 2.25. The zero-order valence-electron chi connectivity index (χ0n) is 16.4. The minimum absolute atomic E-state index is 0.0194. The molecule has 0 unspecified atom stereocenters. The van der Waals surface area contributed by atoms with Crippen molar-refractivity contribution in [1.29, 1.82) is 0 Å². The number of nitrogens with one attached hydrogen (secondary N) is 1. The molecule has 0 spiro atoms. The fraction of sp³-hybridized carbons (Fsp3) is 0.0435. The number of hydrogen-bond donors (Lipinski definition) is 2. The number of rotatable bonds is 4. The van der Waals surface area contributed by atoms with E-state index in [0.29, 0.717) is 17.1 Å². The minimum Gasteiger partial charge on any atom is -0.478 e. The van der Waals surface area contributed by atoms with Crippen molar-refractivity contribution in [3.05, 3.63) is 89.3 Å². The molecule has 1 aliphatic heterocycles. The van der Waals surface area contributed by atoms with E-state index in [4.69, 9.17) is 12.2 Å². The van der Waals surface area contributed by atoms with Crippen molar-refractivity contribution in [2.24, 2.45) is 0 Å². The van der Waals surface area contributed by atoms with Gasteiger partial charge in [0.1, 0.15) is 5.57 Å². The number of para-hydroxylation sites is 1. The Hall–Kier alpha value is -4.04. The quantitative estimate of drug-likeness (QED) is 0.376. The van der Waals surface area contributed by atoms with Crippen molar-refractivity contribution < 1.29 is 19.5 Å². The summed E-state index contributed by atoms with van der Waals surface area (Å²) in [7, 11) is 0. The van der Waals surface area contributed by atoms with Crippen LogP contribution in [0.25, 0.3) is 11.8 Å². The molecule has 4 rings (SSSR count). The Kier molecular flexibility index (Phi) is 5.22. The first-order chi connectivity index (χ1) is 14.9. The first-order valence-electron chi connectivity index (χ1n) is 9.35. The molecule has 1 saturated heterocycles. The van der Waals surface area contributed by atoms with Crippen LogP contribution in [0.3, 0.4) is 0 Å². The third kappa shape index (κ3) is 3.76. The van der Waals surface area contributed by atoms with Crippen molar-refractivity contribution in [2.45, 2.75) is 6.92 Å². The number of carboxylic acid groups (broad SMARTS) is 1. The van der Waals surface area contributed by atoms with Crippen LogP contribution in [0.5, 0.6) is 0 Å². The van der Waals surface area contributed by atoms with Crippen LogP contribution in [0.1, 0.15) is 21.6 Å². The second-order valence-corrected chi connectivity index (χ2v) is 7.29. The predicted molar refractivity (Wildman–Crippen MR) is 120 cm³/mol. The van der Waals surface area contributed by atoms with Crippen LogP contribution in [0.15, 0.2) is 72.4 Å². The predicted octanol–water partition coefficient (Wildman–Crippen LogP) is 3.32. The van der Waals surface area contributed by atoms with Gasteiger partial charge in [-0.3, -0.25) is 19.8 Å². The molecule has 1 aromatic heterocycles. The molecule has 2 aromatic carbocycles. The van der Waals surface area contributed by atoms with Gasteiger partial charge in [0.05, 0.1) is 11.3 Å².